The van der Waals surface area contributed by atoms with Gasteiger partial charge < -0.3 is 4.57 Å². The average Bonchev–Trinajstić information content (AvgIpc) is 3.37. The molecule has 1 aliphatic carbocycles. The first kappa shape index (κ1) is 18.8. The second-order valence-corrected chi connectivity index (χ2v) is 8.42. The Kier molecular flexibility index (Phi) is 4.31. The first-order chi connectivity index (χ1) is 15.7. The Morgan fingerprint density at radius 3 is 2.59 bits per heavy atom. The van der Waals surface area contributed by atoms with Gasteiger partial charge in [0.2, 0.25) is 5.82 Å². The van der Waals surface area contributed by atoms with E-state index in [1.54, 1.807) is 0 Å². The molecule has 0 aliphatic heterocycles. The molecule has 5 aromatic rings. The number of aromatic nitrogens is 8. The largest absolute Gasteiger partial charge is 0.308 e. The number of benzene rings is 1. The van der Waals surface area contributed by atoms with Crippen LogP contribution in [0.15, 0.2) is 48.7 Å². The number of hydrogen-bond donors (Lipinski definition) is 1. The molecule has 158 valence electrons. The third-order valence-electron chi connectivity index (χ3n) is 5.95. The van der Waals surface area contributed by atoms with E-state index in [4.69, 9.17) is 15.0 Å². The van der Waals surface area contributed by atoms with Gasteiger partial charge >= 0.3 is 0 Å². The summed E-state index contributed by atoms with van der Waals surface area (Å²) in [6, 6.07) is 14.2. The predicted molar refractivity (Wildman–Crippen MR) is 121 cm³/mol. The standard InChI is InChI=1S/C24H22N8/c1-14-11-15(2)26-24-21(14)27-23(17-8-9-17)32(24)13-16-7-10-20(25-12-16)18-5-3-4-6-19(18)22-28-30-31-29-22/h3-7,10-12,17H,8-9,13H2,1-2H3,(H,28,29,30,31). The highest BCUT2D eigenvalue weighted by Gasteiger charge is 2.30. The Bertz CT molecular complexity index is 1410. The van der Waals surface area contributed by atoms with Crippen LogP contribution in [0.3, 0.4) is 0 Å². The maximum absolute atomic E-state index is 4.97. The number of pyridine rings is 2. The lowest BCUT2D eigenvalue weighted by atomic mass is 10.0. The normalized spacial score (nSPS) is 13.7. The zero-order valence-electron chi connectivity index (χ0n) is 17.9. The van der Waals surface area contributed by atoms with Crippen molar-refractivity contribution in [2.75, 3.05) is 0 Å². The van der Waals surface area contributed by atoms with E-state index >= 15 is 0 Å². The number of H-pyrrole nitrogens is 1. The smallest absolute Gasteiger partial charge is 0.205 e. The molecule has 6 rings (SSSR count). The Labute approximate surface area is 184 Å². The first-order valence-electron chi connectivity index (χ1n) is 10.8. The summed E-state index contributed by atoms with van der Waals surface area (Å²) in [6.07, 6.45) is 4.34. The number of tetrazole rings is 1. The van der Waals surface area contributed by atoms with Crippen LogP contribution in [0.5, 0.6) is 0 Å². The molecule has 8 nitrogen and oxygen atoms in total. The van der Waals surface area contributed by atoms with Crippen molar-refractivity contribution in [3.8, 4) is 22.6 Å². The Hall–Kier alpha value is -3.94. The highest BCUT2D eigenvalue weighted by molar-refractivity contribution is 5.78. The predicted octanol–water partition coefficient (Wildman–Crippen LogP) is 4.22. The molecule has 8 heteroatoms. The van der Waals surface area contributed by atoms with E-state index < -0.39 is 0 Å². The molecule has 0 unspecified atom stereocenters. The maximum atomic E-state index is 4.97. The van der Waals surface area contributed by atoms with Gasteiger partial charge in [-0.25, -0.2) is 9.97 Å². The van der Waals surface area contributed by atoms with Crippen LogP contribution in [-0.2, 0) is 6.54 Å². The molecule has 0 bridgehead atoms. The molecule has 1 fully saturated rings. The summed E-state index contributed by atoms with van der Waals surface area (Å²) in [6.45, 7) is 4.86. The molecule has 1 aliphatic rings. The van der Waals surface area contributed by atoms with Gasteiger partial charge in [-0.1, -0.05) is 30.3 Å². The number of fused-ring (bicyclic) bond motifs is 1. The van der Waals surface area contributed by atoms with Gasteiger partial charge in [0, 0.05) is 28.9 Å². The molecular weight excluding hydrogens is 400 g/mol. The SMILES string of the molecule is Cc1cc(C)c2nc(C3CC3)n(Cc3ccc(-c4ccccc4-c4nn[nH]n4)nc3)c2n1. The lowest BCUT2D eigenvalue weighted by molar-refractivity contribution is 0.737. The van der Waals surface area contributed by atoms with Gasteiger partial charge in [-0.15, -0.1) is 10.2 Å². The van der Waals surface area contributed by atoms with Crippen molar-refractivity contribution in [2.45, 2.75) is 39.2 Å². The molecule has 4 aromatic heterocycles. The van der Waals surface area contributed by atoms with E-state index in [-0.39, 0.29) is 0 Å². The number of hydrogen-bond acceptors (Lipinski definition) is 6. The van der Waals surface area contributed by atoms with E-state index in [1.165, 1.54) is 18.4 Å². The minimum atomic E-state index is 0.540. The number of imidazole rings is 1. The Balaban J connectivity index is 1.37. The fourth-order valence-electron chi connectivity index (χ4n) is 4.27. The summed E-state index contributed by atoms with van der Waals surface area (Å²) >= 11 is 0. The first-order valence-corrected chi connectivity index (χ1v) is 10.8. The topological polar surface area (TPSA) is 98.1 Å². The average molecular weight is 422 g/mol. The van der Waals surface area contributed by atoms with Crippen LogP contribution in [-0.4, -0.2) is 40.1 Å². The minimum Gasteiger partial charge on any atom is -0.308 e. The van der Waals surface area contributed by atoms with Gasteiger partial charge in [0.1, 0.15) is 11.3 Å². The highest BCUT2D eigenvalue weighted by atomic mass is 15.5. The third-order valence-corrected chi connectivity index (χ3v) is 5.95. The number of aryl methyl sites for hydroxylation is 2. The number of rotatable bonds is 5. The van der Waals surface area contributed by atoms with E-state index in [0.29, 0.717) is 18.3 Å². The molecule has 0 amide bonds. The molecule has 0 atom stereocenters. The van der Waals surface area contributed by atoms with Crippen LogP contribution in [0, 0.1) is 13.8 Å². The van der Waals surface area contributed by atoms with Crippen molar-refractivity contribution in [3.63, 3.8) is 0 Å². The highest BCUT2D eigenvalue weighted by Crippen LogP contribution is 2.41. The summed E-state index contributed by atoms with van der Waals surface area (Å²) in [4.78, 5) is 14.6. The van der Waals surface area contributed by atoms with Crippen LogP contribution in [0.2, 0.25) is 0 Å². The monoisotopic (exact) mass is 422 g/mol. The summed E-state index contributed by atoms with van der Waals surface area (Å²) in [5, 5.41) is 14.4. The summed E-state index contributed by atoms with van der Waals surface area (Å²) in [7, 11) is 0. The van der Waals surface area contributed by atoms with Gasteiger partial charge in [0.05, 0.1) is 12.2 Å². The van der Waals surface area contributed by atoms with Crippen LogP contribution >= 0.6 is 0 Å². The van der Waals surface area contributed by atoms with Crippen LogP contribution in [0.1, 0.15) is 41.4 Å². The van der Waals surface area contributed by atoms with Crippen molar-refractivity contribution < 1.29 is 0 Å². The van der Waals surface area contributed by atoms with Crippen molar-refractivity contribution >= 4 is 11.2 Å². The van der Waals surface area contributed by atoms with Gasteiger partial charge in [0.25, 0.3) is 0 Å². The summed E-state index contributed by atoms with van der Waals surface area (Å²) in [5.74, 6) is 2.24. The van der Waals surface area contributed by atoms with E-state index in [0.717, 1.165) is 45.1 Å². The number of nitrogens with one attached hydrogen (secondary N) is 1. The van der Waals surface area contributed by atoms with Gasteiger partial charge in [0.15, 0.2) is 5.65 Å². The maximum Gasteiger partial charge on any atom is 0.205 e. The molecular formula is C24H22N8. The van der Waals surface area contributed by atoms with E-state index in [2.05, 4.69) is 44.2 Å². The van der Waals surface area contributed by atoms with Crippen molar-refractivity contribution in [2.24, 2.45) is 0 Å². The molecule has 0 radical (unpaired) electrons. The molecule has 4 heterocycles. The summed E-state index contributed by atoms with van der Waals surface area (Å²) < 4.78 is 2.27. The van der Waals surface area contributed by atoms with E-state index in [9.17, 15) is 0 Å². The van der Waals surface area contributed by atoms with Crippen molar-refractivity contribution in [1.29, 1.82) is 0 Å². The third kappa shape index (κ3) is 3.24. The van der Waals surface area contributed by atoms with Gasteiger partial charge in [-0.2, -0.15) is 5.21 Å². The van der Waals surface area contributed by atoms with Gasteiger partial charge in [-0.05, 0) is 55.2 Å². The number of aromatic amines is 1. The molecule has 1 N–H and O–H groups in total. The molecule has 32 heavy (non-hydrogen) atoms. The van der Waals surface area contributed by atoms with Crippen molar-refractivity contribution in [1.82, 2.24) is 40.1 Å². The van der Waals surface area contributed by atoms with Crippen LogP contribution < -0.4 is 0 Å². The fourth-order valence-corrected chi connectivity index (χ4v) is 4.27. The zero-order chi connectivity index (χ0) is 21.7. The Morgan fingerprint density at radius 2 is 1.88 bits per heavy atom. The Morgan fingerprint density at radius 1 is 1.03 bits per heavy atom. The second kappa shape index (κ2) is 7.33. The van der Waals surface area contributed by atoms with Crippen molar-refractivity contribution in [3.05, 3.63) is 71.3 Å². The fraction of sp³-hybridized carbons (Fsp3) is 0.250. The minimum absolute atomic E-state index is 0.540. The van der Waals surface area contributed by atoms with Crippen LogP contribution in [0.25, 0.3) is 33.8 Å². The van der Waals surface area contributed by atoms with E-state index in [1.807, 2.05) is 43.5 Å². The summed E-state index contributed by atoms with van der Waals surface area (Å²) in [5.41, 5.74) is 8.04. The lowest BCUT2D eigenvalue weighted by Crippen LogP contribution is -2.06. The lowest BCUT2D eigenvalue weighted by Gasteiger charge is -2.10. The quantitative estimate of drug-likeness (QED) is 0.455. The molecule has 1 saturated carbocycles. The molecule has 0 saturated heterocycles. The van der Waals surface area contributed by atoms with Gasteiger partial charge in [-0.3, -0.25) is 4.98 Å². The van der Waals surface area contributed by atoms with Crippen LogP contribution in [0.4, 0.5) is 0 Å². The zero-order valence-corrected chi connectivity index (χ0v) is 17.9. The number of nitrogens with zero attached hydrogens (tertiary/aromatic N) is 7. The molecule has 0 spiro atoms. The molecule has 1 aromatic carbocycles. The second-order valence-electron chi connectivity index (χ2n) is 8.42.